The molecule has 0 spiro atoms. The SMILES string of the molecule is CCCCCCCCOP(=O)(O)OCC1CC(n2cnc3c(N)ncnc32)C1CO. The summed E-state index contributed by atoms with van der Waals surface area (Å²) in [6.45, 7) is 2.35. The Labute approximate surface area is 176 Å². The molecule has 4 unspecified atom stereocenters. The number of hydrogen-bond acceptors (Lipinski definition) is 8. The lowest BCUT2D eigenvalue weighted by Crippen LogP contribution is -2.42. The molecule has 1 saturated carbocycles. The van der Waals surface area contributed by atoms with Gasteiger partial charge < -0.3 is 20.3 Å². The second kappa shape index (κ2) is 10.6. The lowest BCUT2D eigenvalue weighted by atomic mass is 9.70. The van der Waals surface area contributed by atoms with Crippen molar-refractivity contribution >= 4 is 24.8 Å². The first-order chi connectivity index (χ1) is 14.5. The van der Waals surface area contributed by atoms with Gasteiger partial charge in [-0.05, 0) is 18.8 Å². The fourth-order valence-corrected chi connectivity index (χ4v) is 4.78. The van der Waals surface area contributed by atoms with Gasteiger partial charge in [0, 0.05) is 18.6 Å². The summed E-state index contributed by atoms with van der Waals surface area (Å²) in [4.78, 5) is 22.3. The highest BCUT2D eigenvalue weighted by Crippen LogP contribution is 2.49. The number of aliphatic hydroxyl groups is 1. The topological polar surface area (TPSA) is 146 Å². The largest absolute Gasteiger partial charge is 0.472 e. The molecule has 30 heavy (non-hydrogen) atoms. The van der Waals surface area contributed by atoms with Crippen molar-refractivity contribution in [3.05, 3.63) is 12.7 Å². The first kappa shape index (κ1) is 23.1. The second-order valence-electron chi connectivity index (χ2n) is 7.86. The van der Waals surface area contributed by atoms with Crippen LogP contribution in [0.15, 0.2) is 12.7 Å². The molecule has 10 nitrogen and oxygen atoms in total. The summed E-state index contributed by atoms with van der Waals surface area (Å²) in [5.74, 6) is 0.106. The number of nitrogens with two attached hydrogens (primary N) is 1. The van der Waals surface area contributed by atoms with E-state index in [2.05, 4.69) is 21.9 Å². The predicted molar refractivity (Wildman–Crippen MR) is 113 cm³/mol. The molecular formula is C19H32N5O5P. The van der Waals surface area contributed by atoms with E-state index in [1.807, 2.05) is 4.57 Å². The highest BCUT2D eigenvalue weighted by atomic mass is 31.2. The molecule has 0 aromatic carbocycles. The average Bonchev–Trinajstić information content (AvgIpc) is 3.12. The van der Waals surface area contributed by atoms with Crippen LogP contribution in [0, 0.1) is 11.8 Å². The third-order valence-electron chi connectivity index (χ3n) is 5.80. The van der Waals surface area contributed by atoms with Crippen LogP contribution in [0.2, 0.25) is 0 Å². The number of phosphoric ester groups is 1. The van der Waals surface area contributed by atoms with Crippen LogP contribution in [0.4, 0.5) is 5.82 Å². The maximum absolute atomic E-state index is 12.1. The standard InChI is InChI=1S/C19H32N5O5P/c1-2-3-4-5-6-7-8-28-30(26,27)29-11-14-9-16(15(14)10-25)24-13-23-17-18(20)21-12-22-19(17)24/h12-16,25H,2-11H2,1H3,(H,26,27)(H2,20,21,22). The number of nitrogen functional groups attached to an aromatic ring is 1. The van der Waals surface area contributed by atoms with Gasteiger partial charge in [-0.1, -0.05) is 39.0 Å². The molecule has 1 aliphatic rings. The number of rotatable bonds is 13. The Kier molecular flexibility index (Phi) is 8.19. The van der Waals surface area contributed by atoms with Crippen molar-refractivity contribution in [1.82, 2.24) is 19.5 Å². The second-order valence-corrected chi connectivity index (χ2v) is 9.31. The maximum Gasteiger partial charge on any atom is 0.472 e. The van der Waals surface area contributed by atoms with Gasteiger partial charge in [-0.15, -0.1) is 0 Å². The third-order valence-corrected chi connectivity index (χ3v) is 6.79. The van der Waals surface area contributed by atoms with E-state index in [0.717, 1.165) is 19.3 Å². The maximum atomic E-state index is 12.1. The van der Waals surface area contributed by atoms with Gasteiger partial charge in [-0.2, -0.15) is 0 Å². The van der Waals surface area contributed by atoms with Crippen LogP contribution in [-0.2, 0) is 13.6 Å². The molecule has 3 rings (SSSR count). The number of aromatic nitrogens is 4. The van der Waals surface area contributed by atoms with Crippen LogP contribution in [0.3, 0.4) is 0 Å². The molecule has 1 fully saturated rings. The predicted octanol–water partition coefficient (Wildman–Crippen LogP) is 3.07. The van der Waals surface area contributed by atoms with E-state index in [0.29, 0.717) is 23.4 Å². The summed E-state index contributed by atoms with van der Waals surface area (Å²) in [5.41, 5.74) is 6.97. The van der Waals surface area contributed by atoms with Crippen molar-refractivity contribution in [2.45, 2.75) is 57.9 Å². The van der Waals surface area contributed by atoms with E-state index in [4.69, 9.17) is 14.8 Å². The molecule has 2 heterocycles. The van der Waals surface area contributed by atoms with Gasteiger partial charge in [0.15, 0.2) is 11.5 Å². The number of anilines is 1. The van der Waals surface area contributed by atoms with E-state index in [1.54, 1.807) is 6.33 Å². The van der Waals surface area contributed by atoms with Gasteiger partial charge in [0.05, 0.1) is 19.5 Å². The zero-order valence-corrected chi connectivity index (χ0v) is 18.3. The molecule has 1 aliphatic carbocycles. The number of hydrogen-bond donors (Lipinski definition) is 3. The summed E-state index contributed by atoms with van der Waals surface area (Å²) >= 11 is 0. The summed E-state index contributed by atoms with van der Waals surface area (Å²) in [6.07, 6.45) is 10.1. The summed E-state index contributed by atoms with van der Waals surface area (Å²) < 4.78 is 24.3. The highest BCUT2D eigenvalue weighted by Gasteiger charge is 2.43. The van der Waals surface area contributed by atoms with Crippen molar-refractivity contribution in [3.8, 4) is 0 Å². The van der Waals surface area contributed by atoms with Crippen molar-refractivity contribution in [1.29, 1.82) is 0 Å². The molecule has 4 N–H and O–H groups in total. The fraction of sp³-hybridized carbons (Fsp3) is 0.737. The molecule has 0 amide bonds. The number of unbranched alkanes of at least 4 members (excludes halogenated alkanes) is 5. The Morgan fingerprint density at radius 2 is 1.97 bits per heavy atom. The van der Waals surface area contributed by atoms with Crippen LogP contribution in [0.1, 0.15) is 57.9 Å². The number of phosphoric acid groups is 1. The monoisotopic (exact) mass is 441 g/mol. The van der Waals surface area contributed by atoms with Crippen LogP contribution < -0.4 is 5.73 Å². The van der Waals surface area contributed by atoms with Gasteiger partial charge in [-0.25, -0.2) is 19.5 Å². The van der Waals surface area contributed by atoms with Crippen molar-refractivity contribution in [2.24, 2.45) is 11.8 Å². The van der Waals surface area contributed by atoms with Gasteiger partial charge in [0.2, 0.25) is 0 Å². The minimum absolute atomic E-state index is 0.0370. The van der Waals surface area contributed by atoms with E-state index >= 15 is 0 Å². The van der Waals surface area contributed by atoms with Crippen LogP contribution in [0.5, 0.6) is 0 Å². The zero-order valence-electron chi connectivity index (χ0n) is 17.4. The third kappa shape index (κ3) is 5.56. The van der Waals surface area contributed by atoms with Gasteiger partial charge in [0.25, 0.3) is 0 Å². The molecule has 2 aromatic heterocycles. The molecule has 168 valence electrons. The Morgan fingerprint density at radius 3 is 2.73 bits per heavy atom. The Balaban J connectivity index is 1.45. The molecule has 0 aliphatic heterocycles. The quantitative estimate of drug-likeness (QED) is 0.315. The molecule has 4 atom stereocenters. The molecule has 0 radical (unpaired) electrons. The van der Waals surface area contributed by atoms with Crippen LogP contribution in [0.25, 0.3) is 11.2 Å². The first-order valence-electron chi connectivity index (χ1n) is 10.6. The Bertz CT molecular complexity index is 863. The fourth-order valence-electron chi connectivity index (χ4n) is 3.96. The number of imidazole rings is 1. The Hall–Kier alpha value is -1.58. The lowest BCUT2D eigenvalue weighted by molar-refractivity contribution is -0.00810. The number of fused-ring (bicyclic) bond motifs is 1. The molecule has 11 heteroatoms. The average molecular weight is 441 g/mol. The van der Waals surface area contributed by atoms with Crippen molar-refractivity contribution in [3.63, 3.8) is 0 Å². The minimum atomic E-state index is -4.09. The number of nitrogens with zero attached hydrogens (tertiary/aromatic N) is 4. The van der Waals surface area contributed by atoms with E-state index in [9.17, 15) is 14.6 Å². The molecule has 0 saturated heterocycles. The minimum Gasteiger partial charge on any atom is -0.396 e. The van der Waals surface area contributed by atoms with E-state index < -0.39 is 7.82 Å². The molecule has 0 bridgehead atoms. The molecular weight excluding hydrogens is 409 g/mol. The highest BCUT2D eigenvalue weighted by molar-refractivity contribution is 7.47. The first-order valence-corrected chi connectivity index (χ1v) is 12.1. The molecule has 2 aromatic rings. The lowest BCUT2D eigenvalue weighted by Gasteiger charge is -2.44. The van der Waals surface area contributed by atoms with Gasteiger partial charge >= 0.3 is 7.82 Å². The van der Waals surface area contributed by atoms with Gasteiger partial charge in [-0.3, -0.25) is 9.05 Å². The summed E-state index contributed by atoms with van der Waals surface area (Å²) in [7, 11) is -4.09. The van der Waals surface area contributed by atoms with Crippen molar-refractivity contribution in [2.75, 3.05) is 25.6 Å². The smallest absolute Gasteiger partial charge is 0.396 e. The normalized spacial score (nSPS) is 23.4. The van der Waals surface area contributed by atoms with Crippen molar-refractivity contribution < 1.29 is 23.6 Å². The van der Waals surface area contributed by atoms with Crippen LogP contribution in [-0.4, -0.2) is 49.3 Å². The summed E-state index contributed by atoms with van der Waals surface area (Å²) in [5, 5.41) is 9.83. The van der Waals surface area contributed by atoms with E-state index in [-0.39, 0.29) is 37.7 Å². The van der Waals surface area contributed by atoms with Gasteiger partial charge in [0.1, 0.15) is 11.8 Å². The summed E-state index contributed by atoms with van der Waals surface area (Å²) in [6, 6.07) is -0.0370. The van der Waals surface area contributed by atoms with E-state index in [1.165, 1.54) is 25.6 Å². The Morgan fingerprint density at radius 1 is 1.20 bits per heavy atom. The number of aliphatic hydroxyl groups excluding tert-OH is 1. The zero-order chi connectivity index (χ0) is 21.6. The van der Waals surface area contributed by atoms with Crippen LogP contribution >= 0.6 is 7.82 Å².